The number of carbonyl (C=O) groups is 3. The highest BCUT2D eigenvalue weighted by atomic mass is 16.5. The summed E-state index contributed by atoms with van der Waals surface area (Å²) in [6.07, 6.45) is 2.98. The molecule has 0 bridgehead atoms. The Labute approximate surface area is 273 Å². The fraction of sp³-hybridized carbons (Fsp3) is 0.583. The molecule has 1 unspecified atom stereocenters. The molecule has 0 aromatic heterocycles. The van der Waals surface area contributed by atoms with Crippen molar-refractivity contribution in [3.8, 4) is 17.2 Å². The number of esters is 1. The van der Waals surface area contributed by atoms with Crippen LogP contribution in [-0.4, -0.2) is 93.7 Å². The summed E-state index contributed by atoms with van der Waals surface area (Å²) < 4.78 is 28.7. The summed E-state index contributed by atoms with van der Waals surface area (Å²) in [7, 11) is 3.19. The lowest BCUT2D eigenvalue weighted by Gasteiger charge is -2.36. The number of carbonyl (C=O) groups excluding carboxylic acids is 3. The molecule has 46 heavy (non-hydrogen) atoms. The fourth-order valence-corrected chi connectivity index (χ4v) is 5.77. The Morgan fingerprint density at radius 1 is 0.978 bits per heavy atom. The van der Waals surface area contributed by atoms with Crippen molar-refractivity contribution >= 4 is 17.7 Å². The number of likely N-dealkylation sites (tertiary alicyclic amines) is 1. The molecule has 0 N–H and O–H groups in total. The molecule has 0 radical (unpaired) electrons. The van der Waals surface area contributed by atoms with Crippen LogP contribution < -0.4 is 14.2 Å². The predicted octanol–water partition coefficient (Wildman–Crippen LogP) is 5.02. The van der Waals surface area contributed by atoms with Gasteiger partial charge in [-0.3, -0.25) is 14.5 Å². The summed E-state index contributed by atoms with van der Waals surface area (Å²) in [4.78, 5) is 44.1. The van der Waals surface area contributed by atoms with E-state index in [0.717, 1.165) is 56.8 Å². The number of rotatable bonds is 15. The highest BCUT2D eigenvalue weighted by Crippen LogP contribution is 2.32. The highest BCUT2D eigenvalue weighted by Gasteiger charge is 2.41. The average molecular weight is 639 g/mol. The van der Waals surface area contributed by atoms with Crippen molar-refractivity contribution in [3.63, 3.8) is 0 Å². The Morgan fingerprint density at radius 2 is 1.74 bits per heavy atom. The number of morpholine rings is 1. The van der Waals surface area contributed by atoms with Gasteiger partial charge < -0.3 is 28.6 Å². The monoisotopic (exact) mass is 638 g/mol. The quantitative estimate of drug-likeness (QED) is 0.197. The van der Waals surface area contributed by atoms with Crippen molar-refractivity contribution in [3.05, 3.63) is 53.6 Å². The van der Waals surface area contributed by atoms with E-state index in [1.54, 1.807) is 28.1 Å². The number of piperidine rings is 1. The summed E-state index contributed by atoms with van der Waals surface area (Å²) in [6, 6.07) is 12.6. The van der Waals surface area contributed by atoms with Gasteiger partial charge in [0.2, 0.25) is 5.78 Å². The third-order valence-electron chi connectivity index (χ3n) is 9.14. The van der Waals surface area contributed by atoms with Crippen LogP contribution in [0.15, 0.2) is 42.5 Å². The Kier molecular flexibility index (Phi) is 12.9. The van der Waals surface area contributed by atoms with Gasteiger partial charge in [-0.15, -0.1) is 0 Å². The summed E-state index contributed by atoms with van der Waals surface area (Å²) in [5.41, 5.74) is 1.00. The smallest absolute Gasteiger partial charge is 0.329 e. The summed E-state index contributed by atoms with van der Waals surface area (Å²) >= 11 is 0. The SMILES string of the molecule is CCC(C)(C)C(=O)C(=O)N1CCCCC1C(=O)O[C@H](CCc1ccc(OC)c(OC)c1)c1cccc(OCCN2CCOCC2)c1. The van der Waals surface area contributed by atoms with Crippen molar-refractivity contribution < 1.29 is 38.1 Å². The minimum absolute atomic E-state index is 0.354. The fourth-order valence-electron chi connectivity index (χ4n) is 5.77. The van der Waals surface area contributed by atoms with Gasteiger partial charge in [0.25, 0.3) is 5.91 Å². The first-order valence-electron chi connectivity index (χ1n) is 16.5. The predicted molar refractivity (Wildman–Crippen MR) is 174 cm³/mol. The van der Waals surface area contributed by atoms with Crippen molar-refractivity contribution in [2.24, 2.45) is 5.41 Å². The van der Waals surface area contributed by atoms with E-state index in [1.165, 1.54) is 4.90 Å². The van der Waals surface area contributed by atoms with E-state index in [4.69, 9.17) is 23.7 Å². The first kappa shape index (κ1) is 35.2. The van der Waals surface area contributed by atoms with E-state index < -0.39 is 35.2 Å². The molecule has 2 aliphatic rings. The van der Waals surface area contributed by atoms with Crippen LogP contribution in [0.5, 0.6) is 17.2 Å². The molecule has 2 fully saturated rings. The second-order valence-electron chi connectivity index (χ2n) is 12.6. The van der Waals surface area contributed by atoms with E-state index in [0.29, 0.717) is 56.1 Å². The van der Waals surface area contributed by atoms with Gasteiger partial charge in [0, 0.05) is 31.6 Å². The number of ketones is 1. The van der Waals surface area contributed by atoms with Gasteiger partial charge in [-0.2, -0.15) is 0 Å². The molecular formula is C36H50N2O8. The maximum atomic E-state index is 13.9. The number of Topliss-reactive ketones (excluding diaryl/α,β-unsaturated/α-hetero) is 1. The second kappa shape index (κ2) is 16.8. The summed E-state index contributed by atoms with van der Waals surface area (Å²) in [5.74, 6) is 0.387. The number of aryl methyl sites for hydroxylation is 1. The molecule has 2 atom stereocenters. The van der Waals surface area contributed by atoms with Gasteiger partial charge in [0.05, 0.1) is 27.4 Å². The van der Waals surface area contributed by atoms with E-state index in [9.17, 15) is 14.4 Å². The zero-order chi connectivity index (χ0) is 33.1. The number of hydrogen-bond acceptors (Lipinski definition) is 9. The maximum absolute atomic E-state index is 13.9. The van der Waals surface area contributed by atoms with E-state index in [2.05, 4.69) is 4.90 Å². The minimum atomic E-state index is -0.811. The molecule has 2 saturated heterocycles. The molecule has 4 rings (SSSR count). The van der Waals surface area contributed by atoms with E-state index in [-0.39, 0.29) is 0 Å². The van der Waals surface area contributed by atoms with Crippen LogP contribution in [0, 0.1) is 5.41 Å². The molecule has 2 aliphatic heterocycles. The van der Waals surface area contributed by atoms with Crippen molar-refractivity contribution in [2.45, 2.75) is 71.4 Å². The molecule has 0 aliphatic carbocycles. The molecular weight excluding hydrogens is 588 g/mol. The number of benzene rings is 2. The molecule has 2 aromatic carbocycles. The van der Waals surface area contributed by atoms with E-state index in [1.807, 2.05) is 49.4 Å². The van der Waals surface area contributed by atoms with Crippen molar-refractivity contribution in [2.75, 3.05) is 60.2 Å². The highest BCUT2D eigenvalue weighted by molar-refractivity contribution is 6.38. The minimum Gasteiger partial charge on any atom is -0.493 e. The Morgan fingerprint density at radius 3 is 2.46 bits per heavy atom. The summed E-state index contributed by atoms with van der Waals surface area (Å²) in [6.45, 7) is 10.3. The standard InChI is InChI=1S/C36H50N2O8/c1-6-36(2,3)33(39)34(40)38-17-8-7-12-29(38)35(41)46-30(15-13-26-14-16-31(42-4)32(24-26)43-5)27-10-9-11-28(25-27)45-23-20-37-18-21-44-22-19-37/h9-11,14,16,24-25,29-30H,6-8,12-13,15,17-23H2,1-5H3/t29?,30-/m1/s1. The molecule has 2 aromatic rings. The zero-order valence-electron chi connectivity index (χ0n) is 28.0. The zero-order valence-corrected chi connectivity index (χ0v) is 28.0. The van der Waals surface area contributed by atoms with Crippen LogP contribution in [0.3, 0.4) is 0 Å². The third-order valence-corrected chi connectivity index (χ3v) is 9.14. The van der Waals surface area contributed by atoms with Crippen LogP contribution in [0.2, 0.25) is 0 Å². The van der Waals surface area contributed by atoms with Crippen LogP contribution in [-0.2, 0) is 30.3 Å². The van der Waals surface area contributed by atoms with Crippen LogP contribution in [0.25, 0.3) is 0 Å². The molecule has 10 nitrogen and oxygen atoms in total. The first-order chi connectivity index (χ1) is 22.2. The first-order valence-corrected chi connectivity index (χ1v) is 16.5. The van der Waals surface area contributed by atoms with Crippen LogP contribution in [0.1, 0.15) is 70.1 Å². The van der Waals surface area contributed by atoms with Crippen molar-refractivity contribution in [1.82, 2.24) is 9.80 Å². The molecule has 2 heterocycles. The molecule has 10 heteroatoms. The Hall–Kier alpha value is -3.63. The van der Waals surface area contributed by atoms with Gasteiger partial charge in [0.15, 0.2) is 11.5 Å². The van der Waals surface area contributed by atoms with Gasteiger partial charge in [-0.05, 0) is 73.9 Å². The number of hydrogen-bond donors (Lipinski definition) is 0. The maximum Gasteiger partial charge on any atom is 0.329 e. The van der Waals surface area contributed by atoms with Gasteiger partial charge >= 0.3 is 5.97 Å². The van der Waals surface area contributed by atoms with Crippen LogP contribution in [0.4, 0.5) is 0 Å². The average Bonchev–Trinajstić information content (AvgIpc) is 3.09. The summed E-state index contributed by atoms with van der Waals surface area (Å²) in [5, 5.41) is 0. The number of amides is 1. The number of nitrogens with zero attached hydrogens (tertiary/aromatic N) is 2. The third kappa shape index (κ3) is 9.22. The topological polar surface area (TPSA) is 104 Å². The van der Waals surface area contributed by atoms with Crippen LogP contribution >= 0.6 is 0 Å². The van der Waals surface area contributed by atoms with E-state index >= 15 is 0 Å². The Balaban J connectivity index is 1.53. The molecule has 0 saturated carbocycles. The lowest BCUT2D eigenvalue weighted by molar-refractivity contribution is -0.164. The van der Waals surface area contributed by atoms with Gasteiger partial charge in [-0.1, -0.05) is 39.0 Å². The molecule has 252 valence electrons. The van der Waals surface area contributed by atoms with Crippen molar-refractivity contribution in [1.29, 1.82) is 0 Å². The second-order valence-corrected chi connectivity index (χ2v) is 12.6. The number of methoxy groups -OCH3 is 2. The Bertz CT molecular complexity index is 1320. The lowest BCUT2D eigenvalue weighted by Crippen LogP contribution is -2.53. The lowest BCUT2D eigenvalue weighted by atomic mass is 9.84. The van der Waals surface area contributed by atoms with Gasteiger partial charge in [0.1, 0.15) is 24.5 Å². The molecule has 1 amide bonds. The van der Waals surface area contributed by atoms with Gasteiger partial charge in [-0.25, -0.2) is 4.79 Å². The normalized spacial score (nSPS) is 18.0. The largest absolute Gasteiger partial charge is 0.493 e. The number of ether oxygens (including phenoxy) is 5. The molecule has 0 spiro atoms.